The predicted octanol–water partition coefficient (Wildman–Crippen LogP) is 3.17. The fourth-order valence-electron chi connectivity index (χ4n) is 1.58. The molecule has 0 aromatic heterocycles. The summed E-state index contributed by atoms with van der Waals surface area (Å²) in [5.74, 6) is 2.83. The third-order valence-electron chi connectivity index (χ3n) is 2.47. The Kier molecular flexibility index (Phi) is 5.73. The van der Waals surface area contributed by atoms with E-state index in [0.29, 0.717) is 24.8 Å². The molecule has 96 valence electrons. The third kappa shape index (κ3) is 4.11. The van der Waals surface area contributed by atoms with Crippen molar-refractivity contribution >= 4 is 34.2 Å². The molecule has 0 bridgehead atoms. The number of hydrogen-bond acceptors (Lipinski definition) is 3. The van der Waals surface area contributed by atoms with E-state index in [-0.39, 0.29) is 12.4 Å². The number of rotatable bonds is 3. The first kappa shape index (κ1) is 14.1. The summed E-state index contributed by atoms with van der Waals surface area (Å²) in [5, 5.41) is 0.702. The minimum atomic E-state index is -0.335. The van der Waals surface area contributed by atoms with Crippen LogP contribution in [0.25, 0.3) is 0 Å². The van der Waals surface area contributed by atoms with E-state index >= 15 is 0 Å². The highest BCUT2D eigenvalue weighted by Crippen LogP contribution is 2.24. The molecule has 3 nitrogen and oxygen atoms in total. The van der Waals surface area contributed by atoms with E-state index in [2.05, 4.69) is 9.85 Å². The predicted molar refractivity (Wildman–Crippen MR) is 77.6 cm³/mol. The summed E-state index contributed by atoms with van der Waals surface area (Å²) in [5.41, 5.74) is 0.963. The molecule has 0 spiro atoms. The molecule has 18 heavy (non-hydrogen) atoms. The summed E-state index contributed by atoms with van der Waals surface area (Å²) >= 11 is 7.81. The number of benzene rings is 1. The van der Waals surface area contributed by atoms with Gasteiger partial charge in [-0.05, 0) is 16.1 Å². The molecule has 0 aliphatic carbocycles. The molecule has 0 N–H and O–H groups in total. The molecule has 0 atom stereocenters. The molecule has 1 saturated heterocycles. The summed E-state index contributed by atoms with van der Waals surface area (Å²) in [6.45, 7) is 1.43. The second-order valence-corrected chi connectivity index (χ2v) is 4.73. The Morgan fingerprint density at radius 3 is 2.56 bits per heavy atom. The Bertz CT molecular complexity index is 430. The Labute approximate surface area is 125 Å². The van der Waals surface area contributed by atoms with Crippen LogP contribution in [-0.4, -0.2) is 25.9 Å². The molecule has 1 aliphatic rings. The van der Waals surface area contributed by atoms with E-state index in [0.717, 1.165) is 5.56 Å². The Morgan fingerprint density at radius 2 is 1.94 bits per heavy atom. The lowest BCUT2D eigenvalue weighted by Crippen LogP contribution is -2.33. The topological polar surface area (TPSA) is 27.7 Å². The quantitative estimate of drug-likeness (QED) is 0.597. The zero-order valence-electron chi connectivity index (χ0n) is 9.57. The Morgan fingerprint density at radius 1 is 1.28 bits per heavy atom. The van der Waals surface area contributed by atoms with Crippen molar-refractivity contribution in [3.05, 3.63) is 34.9 Å². The van der Waals surface area contributed by atoms with E-state index in [1.807, 2.05) is 46.9 Å². The maximum Gasteiger partial charge on any atom is 0.184 e. The monoisotopic (exact) mass is 378 g/mol. The smallest absolute Gasteiger partial charge is 0.184 e. The summed E-state index contributed by atoms with van der Waals surface area (Å²) < 4.78 is 19.4. The molecule has 0 amide bonds. The molecule has 1 aliphatic heterocycles. The molecule has 1 aromatic rings. The SMILES string of the molecule is Clc1ccc(C2OCC(OCC#CI)CO2)cc1. The highest BCUT2D eigenvalue weighted by molar-refractivity contribution is 14.1. The molecule has 1 fully saturated rings. The molecule has 0 saturated carbocycles. The van der Waals surface area contributed by atoms with Crippen molar-refractivity contribution in [2.75, 3.05) is 19.8 Å². The first-order chi connectivity index (χ1) is 8.79. The van der Waals surface area contributed by atoms with Crippen molar-refractivity contribution in [1.29, 1.82) is 0 Å². The highest BCUT2D eigenvalue weighted by Gasteiger charge is 2.23. The van der Waals surface area contributed by atoms with Crippen molar-refractivity contribution in [2.45, 2.75) is 12.4 Å². The van der Waals surface area contributed by atoms with Gasteiger partial charge in [-0.15, -0.1) is 0 Å². The maximum absolute atomic E-state index is 5.83. The molecule has 5 heteroatoms. The lowest BCUT2D eigenvalue weighted by molar-refractivity contribution is -0.228. The molecule has 0 radical (unpaired) electrons. The third-order valence-corrected chi connectivity index (χ3v) is 3.10. The van der Waals surface area contributed by atoms with E-state index in [1.54, 1.807) is 0 Å². The minimum Gasteiger partial charge on any atom is -0.361 e. The fraction of sp³-hybridized carbons (Fsp3) is 0.385. The molecule has 2 rings (SSSR count). The van der Waals surface area contributed by atoms with Gasteiger partial charge in [0, 0.05) is 33.2 Å². The van der Waals surface area contributed by atoms with Gasteiger partial charge in [-0.25, -0.2) is 0 Å². The standard InChI is InChI=1S/C13H12ClIO3/c14-11-4-2-10(3-5-11)13-17-8-12(9-18-13)16-7-1-6-15/h2-5,12-13H,7-9H2. The van der Waals surface area contributed by atoms with Crippen LogP contribution in [0.3, 0.4) is 0 Å². The van der Waals surface area contributed by atoms with E-state index < -0.39 is 0 Å². The van der Waals surface area contributed by atoms with Crippen LogP contribution in [-0.2, 0) is 14.2 Å². The zero-order chi connectivity index (χ0) is 12.8. The van der Waals surface area contributed by atoms with E-state index in [1.165, 1.54) is 0 Å². The number of halogens is 2. The summed E-state index contributed by atoms with van der Waals surface area (Å²) in [6.07, 6.45) is -0.386. The molecule has 1 aromatic carbocycles. The van der Waals surface area contributed by atoms with Gasteiger partial charge in [-0.2, -0.15) is 0 Å². The first-order valence-corrected chi connectivity index (χ1v) is 6.94. The van der Waals surface area contributed by atoms with Crippen LogP contribution >= 0.6 is 34.2 Å². The summed E-state index contributed by atoms with van der Waals surface area (Å²) in [7, 11) is 0. The van der Waals surface area contributed by atoms with Crippen LogP contribution in [0, 0.1) is 9.85 Å². The van der Waals surface area contributed by atoms with Crippen LogP contribution in [0.5, 0.6) is 0 Å². The fourth-order valence-corrected chi connectivity index (χ4v) is 1.86. The lowest BCUT2D eigenvalue weighted by Gasteiger charge is -2.29. The van der Waals surface area contributed by atoms with Gasteiger partial charge in [0.2, 0.25) is 0 Å². The Hall–Kier alpha value is -0.320. The van der Waals surface area contributed by atoms with Crippen molar-refractivity contribution in [3.8, 4) is 9.85 Å². The zero-order valence-corrected chi connectivity index (χ0v) is 12.5. The van der Waals surface area contributed by atoms with E-state index in [9.17, 15) is 0 Å². The van der Waals surface area contributed by atoms with Crippen molar-refractivity contribution in [2.24, 2.45) is 0 Å². The average molecular weight is 379 g/mol. The van der Waals surface area contributed by atoms with Crippen molar-refractivity contribution in [1.82, 2.24) is 0 Å². The van der Waals surface area contributed by atoms with Gasteiger partial charge in [0.1, 0.15) is 12.7 Å². The van der Waals surface area contributed by atoms with Crippen LogP contribution < -0.4 is 0 Å². The van der Waals surface area contributed by atoms with Gasteiger partial charge < -0.3 is 14.2 Å². The molecule has 0 unspecified atom stereocenters. The molecule has 1 heterocycles. The number of ether oxygens (including phenoxy) is 3. The van der Waals surface area contributed by atoms with Gasteiger partial charge in [0.25, 0.3) is 0 Å². The Balaban J connectivity index is 1.82. The van der Waals surface area contributed by atoms with E-state index in [4.69, 9.17) is 25.8 Å². The van der Waals surface area contributed by atoms with Crippen LogP contribution in [0.15, 0.2) is 24.3 Å². The molecular weight excluding hydrogens is 366 g/mol. The van der Waals surface area contributed by atoms with Crippen molar-refractivity contribution < 1.29 is 14.2 Å². The van der Waals surface area contributed by atoms with Gasteiger partial charge in [-0.1, -0.05) is 29.7 Å². The van der Waals surface area contributed by atoms with Gasteiger partial charge >= 0.3 is 0 Å². The summed E-state index contributed by atoms with van der Waals surface area (Å²) in [6, 6.07) is 7.44. The largest absolute Gasteiger partial charge is 0.361 e. The number of hydrogen-bond donors (Lipinski definition) is 0. The second-order valence-electron chi connectivity index (χ2n) is 3.75. The van der Waals surface area contributed by atoms with Gasteiger partial charge in [-0.3, -0.25) is 0 Å². The minimum absolute atomic E-state index is 0.0502. The van der Waals surface area contributed by atoms with Gasteiger partial charge in [0.15, 0.2) is 6.29 Å². The normalized spacial score (nSPS) is 23.2. The first-order valence-electron chi connectivity index (χ1n) is 5.48. The highest BCUT2D eigenvalue weighted by atomic mass is 127. The van der Waals surface area contributed by atoms with Crippen LogP contribution in [0.2, 0.25) is 5.02 Å². The average Bonchev–Trinajstić information content (AvgIpc) is 2.41. The maximum atomic E-state index is 5.83. The van der Waals surface area contributed by atoms with Crippen LogP contribution in [0.4, 0.5) is 0 Å². The lowest BCUT2D eigenvalue weighted by atomic mass is 10.2. The van der Waals surface area contributed by atoms with Gasteiger partial charge in [0.05, 0.1) is 13.2 Å². The second kappa shape index (κ2) is 7.31. The summed E-state index contributed by atoms with van der Waals surface area (Å²) in [4.78, 5) is 0. The van der Waals surface area contributed by atoms with Crippen molar-refractivity contribution in [3.63, 3.8) is 0 Å². The molecular formula is C13H12ClIO3. The van der Waals surface area contributed by atoms with Crippen LogP contribution in [0.1, 0.15) is 11.9 Å².